The summed E-state index contributed by atoms with van der Waals surface area (Å²) < 4.78 is 0. The minimum Gasteiger partial charge on any atom is -0.353 e. The normalized spacial score (nSPS) is 23.0. The van der Waals surface area contributed by atoms with Gasteiger partial charge in [-0.25, -0.2) is 0 Å². The van der Waals surface area contributed by atoms with Crippen molar-refractivity contribution in [1.82, 2.24) is 4.90 Å². The smallest absolute Gasteiger partial charge is 0.221 e. The van der Waals surface area contributed by atoms with E-state index in [0.717, 1.165) is 25.9 Å². The highest BCUT2D eigenvalue weighted by Crippen LogP contribution is 2.15. The van der Waals surface area contributed by atoms with E-state index in [1.807, 2.05) is 0 Å². The summed E-state index contributed by atoms with van der Waals surface area (Å²) in [4.78, 5) is 1.66. The zero-order valence-corrected chi connectivity index (χ0v) is 5.67. The van der Waals surface area contributed by atoms with Crippen LogP contribution in [0.15, 0.2) is 0 Å². The number of aliphatic hydroxyl groups is 2. The number of hydrogen-bond acceptors (Lipinski definition) is 3. The molecule has 2 N–H and O–H groups in total. The first-order chi connectivity index (χ1) is 4.11. The van der Waals surface area contributed by atoms with Gasteiger partial charge < -0.3 is 10.2 Å². The maximum atomic E-state index is 9.00. The van der Waals surface area contributed by atoms with Gasteiger partial charge in [-0.1, -0.05) is 0 Å². The molecule has 1 heterocycles. The van der Waals surface area contributed by atoms with Crippen LogP contribution in [0.2, 0.25) is 0 Å². The maximum Gasteiger partial charge on any atom is 0.221 e. The van der Waals surface area contributed by atoms with Gasteiger partial charge in [0.1, 0.15) is 0 Å². The van der Waals surface area contributed by atoms with E-state index in [9.17, 15) is 0 Å². The lowest BCUT2D eigenvalue weighted by molar-refractivity contribution is -0.243. The predicted molar refractivity (Wildman–Crippen MR) is 33.6 cm³/mol. The van der Waals surface area contributed by atoms with Gasteiger partial charge in [0.05, 0.1) is 0 Å². The molecule has 0 atom stereocenters. The minimum absolute atomic E-state index is 0.809. The molecule has 54 valence electrons. The predicted octanol–water partition coefficient (Wildman–Crippen LogP) is -0.260. The third-order valence-corrected chi connectivity index (χ3v) is 1.71. The third kappa shape index (κ3) is 1.64. The molecule has 0 unspecified atom stereocenters. The summed E-state index contributed by atoms with van der Waals surface area (Å²) in [5, 5.41) is 18.0. The summed E-state index contributed by atoms with van der Waals surface area (Å²) in [5.41, 5.74) is 0. The Morgan fingerprint density at radius 2 is 1.67 bits per heavy atom. The molecule has 1 saturated heterocycles. The Labute approximate surface area is 54.9 Å². The molecule has 0 amide bonds. The van der Waals surface area contributed by atoms with Crippen LogP contribution in [-0.2, 0) is 0 Å². The first kappa shape index (κ1) is 6.99. The van der Waals surface area contributed by atoms with Crippen molar-refractivity contribution in [2.75, 3.05) is 13.1 Å². The van der Waals surface area contributed by atoms with Gasteiger partial charge >= 0.3 is 0 Å². The van der Waals surface area contributed by atoms with Crippen LogP contribution < -0.4 is 0 Å². The minimum atomic E-state index is -1.59. The summed E-state index contributed by atoms with van der Waals surface area (Å²) in [7, 11) is 0. The molecule has 0 saturated carbocycles. The highest BCUT2D eigenvalue weighted by atomic mass is 16.5. The molecule has 1 aliphatic rings. The lowest BCUT2D eigenvalue weighted by Crippen LogP contribution is -2.44. The van der Waals surface area contributed by atoms with E-state index in [0.29, 0.717) is 0 Å². The molecule has 0 aromatic heterocycles. The molecule has 0 aromatic carbocycles. The fourth-order valence-corrected chi connectivity index (χ4v) is 1.14. The molecule has 1 fully saturated rings. The van der Waals surface area contributed by atoms with Crippen molar-refractivity contribution < 1.29 is 10.2 Å². The van der Waals surface area contributed by atoms with Gasteiger partial charge in [-0.2, -0.15) is 0 Å². The van der Waals surface area contributed by atoms with E-state index in [4.69, 9.17) is 10.2 Å². The Kier molecular flexibility index (Phi) is 1.75. The van der Waals surface area contributed by atoms with E-state index in [1.54, 1.807) is 4.90 Å². The van der Waals surface area contributed by atoms with Gasteiger partial charge in [0.2, 0.25) is 5.91 Å². The zero-order chi connectivity index (χ0) is 6.91. The fraction of sp³-hybridized carbons (Fsp3) is 1.00. The van der Waals surface area contributed by atoms with Gasteiger partial charge in [-0.3, -0.25) is 4.90 Å². The van der Waals surface area contributed by atoms with Gasteiger partial charge in [-0.05, 0) is 12.8 Å². The van der Waals surface area contributed by atoms with E-state index in [1.165, 1.54) is 6.92 Å². The molecule has 0 spiro atoms. The van der Waals surface area contributed by atoms with Crippen molar-refractivity contribution in [3.05, 3.63) is 0 Å². The Morgan fingerprint density at radius 3 is 1.89 bits per heavy atom. The molecule has 1 rings (SSSR count). The van der Waals surface area contributed by atoms with E-state index in [2.05, 4.69) is 0 Å². The summed E-state index contributed by atoms with van der Waals surface area (Å²) in [6.07, 6.45) is 2.16. The second kappa shape index (κ2) is 2.25. The highest BCUT2D eigenvalue weighted by molar-refractivity contribution is 4.69. The van der Waals surface area contributed by atoms with Crippen molar-refractivity contribution in [3.63, 3.8) is 0 Å². The van der Waals surface area contributed by atoms with Crippen LogP contribution in [0.25, 0.3) is 0 Å². The summed E-state index contributed by atoms with van der Waals surface area (Å²) in [5.74, 6) is -1.59. The van der Waals surface area contributed by atoms with Crippen LogP contribution in [0, 0.1) is 0 Å². The quantitative estimate of drug-likeness (QED) is 0.482. The average Bonchev–Trinajstić information content (AvgIpc) is 2.08. The van der Waals surface area contributed by atoms with Crippen molar-refractivity contribution in [2.45, 2.75) is 25.7 Å². The lowest BCUT2D eigenvalue weighted by atomic mass is 10.4. The summed E-state index contributed by atoms with van der Waals surface area (Å²) in [6.45, 7) is 3.02. The lowest BCUT2D eigenvalue weighted by Gasteiger charge is -2.27. The SMILES string of the molecule is CC(O)(O)N1CCCC1. The Hall–Kier alpha value is -0.120. The van der Waals surface area contributed by atoms with Crippen molar-refractivity contribution in [3.8, 4) is 0 Å². The number of hydrogen-bond donors (Lipinski definition) is 2. The van der Waals surface area contributed by atoms with Gasteiger partial charge in [0.15, 0.2) is 0 Å². The van der Waals surface area contributed by atoms with Crippen molar-refractivity contribution >= 4 is 0 Å². The Balaban J connectivity index is 2.42. The standard InChI is InChI=1S/C6H13NO2/c1-6(8,9)7-4-2-3-5-7/h8-9H,2-5H2,1H3. The van der Waals surface area contributed by atoms with E-state index < -0.39 is 5.91 Å². The molecular weight excluding hydrogens is 118 g/mol. The van der Waals surface area contributed by atoms with E-state index >= 15 is 0 Å². The van der Waals surface area contributed by atoms with Crippen LogP contribution in [0.4, 0.5) is 0 Å². The molecule has 1 aliphatic heterocycles. The topological polar surface area (TPSA) is 43.7 Å². The molecule has 3 heteroatoms. The second-order valence-electron chi connectivity index (χ2n) is 2.66. The molecular formula is C6H13NO2. The zero-order valence-electron chi connectivity index (χ0n) is 5.67. The molecule has 3 nitrogen and oxygen atoms in total. The average molecular weight is 131 g/mol. The number of nitrogens with zero attached hydrogens (tertiary/aromatic N) is 1. The summed E-state index contributed by atoms with van der Waals surface area (Å²) in [6, 6.07) is 0. The highest BCUT2D eigenvalue weighted by Gasteiger charge is 2.27. The largest absolute Gasteiger partial charge is 0.353 e. The van der Waals surface area contributed by atoms with Crippen molar-refractivity contribution in [2.24, 2.45) is 0 Å². The fourth-order valence-electron chi connectivity index (χ4n) is 1.14. The van der Waals surface area contributed by atoms with Crippen LogP contribution in [-0.4, -0.2) is 34.1 Å². The van der Waals surface area contributed by atoms with Crippen LogP contribution in [0.1, 0.15) is 19.8 Å². The van der Waals surface area contributed by atoms with Gasteiger partial charge in [-0.15, -0.1) is 0 Å². The third-order valence-electron chi connectivity index (χ3n) is 1.71. The molecule has 0 bridgehead atoms. The number of likely N-dealkylation sites (tertiary alicyclic amines) is 1. The Bertz CT molecular complexity index is 91.7. The van der Waals surface area contributed by atoms with E-state index in [-0.39, 0.29) is 0 Å². The van der Waals surface area contributed by atoms with Crippen LogP contribution in [0.3, 0.4) is 0 Å². The van der Waals surface area contributed by atoms with Gasteiger partial charge in [0.25, 0.3) is 0 Å². The van der Waals surface area contributed by atoms with Crippen LogP contribution >= 0.6 is 0 Å². The molecule has 9 heavy (non-hydrogen) atoms. The first-order valence-electron chi connectivity index (χ1n) is 3.30. The maximum absolute atomic E-state index is 9.00. The Morgan fingerprint density at radius 1 is 1.22 bits per heavy atom. The molecule has 0 aliphatic carbocycles. The second-order valence-corrected chi connectivity index (χ2v) is 2.66. The van der Waals surface area contributed by atoms with Crippen LogP contribution in [0.5, 0.6) is 0 Å². The monoisotopic (exact) mass is 131 g/mol. The first-order valence-corrected chi connectivity index (χ1v) is 3.30. The van der Waals surface area contributed by atoms with Crippen molar-refractivity contribution in [1.29, 1.82) is 0 Å². The number of rotatable bonds is 1. The summed E-state index contributed by atoms with van der Waals surface area (Å²) >= 11 is 0. The molecule has 0 aromatic rings. The molecule has 0 radical (unpaired) electrons. The van der Waals surface area contributed by atoms with Gasteiger partial charge in [0, 0.05) is 20.0 Å².